The van der Waals surface area contributed by atoms with Gasteiger partial charge in [0.25, 0.3) is 0 Å². The first kappa shape index (κ1) is 13.1. The molecule has 2 unspecified atom stereocenters. The van der Waals surface area contributed by atoms with Crippen molar-refractivity contribution < 1.29 is 0 Å². The zero-order valence-corrected chi connectivity index (χ0v) is 12.4. The summed E-state index contributed by atoms with van der Waals surface area (Å²) >= 11 is 0. The van der Waals surface area contributed by atoms with Crippen LogP contribution in [0, 0.1) is 5.41 Å². The summed E-state index contributed by atoms with van der Waals surface area (Å²) in [6, 6.07) is 11.6. The zero-order valence-electron chi connectivity index (χ0n) is 12.4. The number of rotatable bonds is 2. The van der Waals surface area contributed by atoms with Crippen molar-refractivity contribution in [1.29, 1.82) is 0 Å². The molecular formula is C17H26N2. The zero-order chi connectivity index (χ0) is 13.5. The number of hydrogen-bond acceptors (Lipinski definition) is 2. The van der Waals surface area contributed by atoms with Crippen LogP contribution in [-0.4, -0.2) is 29.6 Å². The molecule has 0 aliphatic carbocycles. The molecule has 1 aromatic rings. The Morgan fingerprint density at radius 2 is 2.00 bits per heavy atom. The van der Waals surface area contributed by atoms with E-state index in [1.165, 1.54) is 31.5 Å². The molecule has 2 aliphatic heterocycles. The summed E-state index contributed by atoms with van der Waals surface area (Å²) in [6.07, 6.45) is 2.66. The minimum Gasteiger partial charge on any atom is -0.316 e. The fraction of sp³-hybridized carbons (Fsp3) is 0.647. The van der Waals surface area contributed by atoms with Crippen molar-refractivity contribution in [2.45, 2.75) is 51.7 Å². The van der Waals surface area contributed by atoms with Gasteiger partial charge in [0.1, 0.15) is 0 Å². The van der Waals surface area contributed by atoms with Gasteiger partial charge in [-0.15, -0.1) is 0 Å². The molecule has 2 fully saturated rings. The maximum atomic E-state index is 3.59. The molecule has 0 bridgehead atoms. The van der Waals surface area contributed by atoms with E-state index in [-0.39, 0.29) is 5.54 Å². The van der Waals surface area contributed by atoms with Gasteiger partial charge in [-0.2, -0.15) is 0 Å². The van der Waals surface area contributed by atoms with Crippen LogP contribution in [0.5, 0.6) is 0 Å². The predicted octanol–water partition coefficient (Wildman–Crippen LogP) is 3.04. The van der Waals surface area contributed by atoms with E-state index in [1.54, 1.807) is 0 Å². The second-order valence-electron chi connectivity index (χ2n) is 6.93. The molecule has 0 aromatic heterocycles. The van der Waals surface area contributed by atoms with Gasteiger partial charge in [-0.1, -0.05) is 30.3 Å². The molecule has 1 spiro atoms. The third-order valence-corrected chi connectivity index (χ3v) is 5.67. The summed E-state index contributed by atoms with van der Waals surface area (Å²) in [5.74, 6) is 0. The second-order valence-corrected chi connectivity index (χ2v) is 6.93. The highest BCUT2D eigenvalue weighted by atomic mass is 15.3. The van der Waals surface area contributed by atoms with Crippen molar-refractivity contribution >= 4 is 0 Å². The first-order chi connectivity index (χ1) is 9.05. The lowest BCUT2D eigenvalue weighted by Gasteiger charge is -2.43. The van der Waals surface area contributed by atoms with Gasteiger partial charge < -0.3 is 5.32 Å². The third kappa shape index (κ3) is 2.02. The first-order valence-corrected chi connectivity index (χ1v) is 7.57. The van der Waals surface area contributed by atoms with E-state index in [2.05, 4.69) is 61.3 Å². The van der Waals surface area contributed by atoms with Gasteiger partial charge in [-0.25, -0.2) is 0 Å². The van der Waals surface area contributed by atoms with Gasteiger partial charge in [-0.05, 0) is 45.7 Å². The summed E-state index contributed by atoms with van der Waals surface area (Å²) in [5, 5.41) is 3.59. The molecule has 1 N–H and O–H groups in total. The van der Waals surface area contributed by atoms with E-state index >= 15 is 0 Å². The summed E-state index contributed by atoms with van der Waals surface area (Å²) in [5.41, 5.74) is 2.19. The SMILES string of the molecule is CC1CC2(CCNC2)C(C)(C)N1Cc1ccccc1. The summed E-state index contributed by atoms with van der Waals surface area (Å²) in [7, 11) is 0. The molecule has 3 rings (SSSR count). The highest BCUT2D eigenvalue weighted by molar-refractivity contribution is 5.18. The number of nitrogens with zero attached hydrogens (tertiary/aromatic N) is 1. The number of nitrogens with one attached hydrogen (secondary N) is 1. The van der Waals surface area contributed by atoms with Gasteiger partial charge in [0, 0.05) is 30.1 Å². The monoisotopic (exact) mass is 258 g/mol. The van der Waals surface area contributed by atoms with Crippen LogP contribution < -0.4 is 5.32 Å². The van der Waals surface area contributed by atoms with Crippen molar-refractivity contribution in [2.24, 2.45) is 5.41 Å². The van der Waals surface area contributed by atoms with Crippen LogP contribution in [-0.2, 0) is 6.54 Å². The van der Waals surface area contributed by atoms with E-state index < -0.39 is 0 Å². The van der Waals surface area contributed by atoms with Crippen molar-refractivity contribution in [2.75, 3.05) is 13.1 Å². The molecule has 0 saturated carbocycles. The average Bonchev–Trinajstić information content (AvgIpc) is 2.92. The molecule has 2 saturated heterocycles. The van der Waals surface area contributed by atoms with Gasteiger partial charge >= 0.3 is 0 Å². The summed E-state index contributed by atoms with van der Waals surface area (Å²) < 4.78 is 0. The van der Waals surface area contributed by atoms with E-state index in [4.69, 9.17) is 0 Å². The molecule has 0 radical (unpaired) electrons. The van der Waals surface area contributed by atoms with Crippen molar-refractivity contribution in [3.8, 4) is 0 Å². The number of hydrogen-bond donors (Lipinski definition) is 1. The van der Waals surface area contributed by atoms with Gasteiger partial charge in [0.15, 0.2) is 0 Å². The van der Waals surface area contributed by atoms with E-state index in [9.17, 15) is 0 Å². The lowest BCUT2D eigenvalue weighted by atomic mass is 9.71. The van der Waals surface area contributed by atoms with Crippen LogP contribution in [0.3, 0.4) is 0 Å². The molecule has 0 amide bonds. The lowest BCUT2D eigenvalue weighted by molar-refractivity contribution is 0.0604. The minimum absolute atomic E-state index is 0.283. The standard InChI is InChI=1S/C17H26N2/c1-14-11-17(9-10-18-13-17)16(2,3)19(14)12-15-7-5-4-6-8-15/h4-8,14,18H,9-13H2,1-3H3. The van der Waals surface area contributed by atoms with Crippen molar-refractivity contribution in [3.05, 3.63) is 35.9 Å². The Morgan fingerprint density at radius 1 is 1.26 bits per heavy atom. The van der Waals surface area contributed by atoms with Crippen LogP contribution in [0.2, 0.25) is 0 Å². The van der Waals surface area contributed by atoms with Crippen LogP contribution in [0.25, 0.3) is 0 Å². The molecule has 104 valence electrons. The summed E-state index contributed by atoms with van der Waals surface area (Å²) in [4.78, 5) is 2.72. The Balaban J connectivity index is 1.85. The van der Waals surface area contributed by atoms with Crippen LogP contribution in [0.1, 0.15) is 39.2 Å². The Labute approximate surface area is 117 Å². The highest BCUT2D eigenvalue weighted by Gasteiger charge is 2.56. The normalized spacial score (nSPS) is 34.2. The maximum absolute atomic E-state index is 3.59. The Hall–Kier alpha value is -0.860. The van der Waals surface area contributed by atoms with E-state index in [0.29, 0.717) is 11.5 Å². The van der Waals surface area contributed by atoms with E-state index in [1.807, 2.05) is 0 Å². The molecule has 2 heterocycles. The molecule has 2 aliphatic rings. The van der Waals surface area contributed by atoms with Crippen molar-refractivity contribution in [1.82, 2.24) is 10.2 Å². The topological polar surface area (TPSA) is 15.3 Å². The minimum atomic E-state index is 0.283. The van der Waals surface area contributed by atoms with Gasteiger partial charge in [-0.3, -0.25) is 4.90 Å². The fourth-order valence-corrected chi connectivity index (χ4v) is 4.35. The van der Waals surface area contributed by atoms with Crippen LogP contribution >= 0.6 is 0 Å². The van der Waals surface area contributed by atoms with Crippen molar-refractivity contribution in [3.63, 3.8) is 0 Å². The number of benzene rings is 1. The average molecular weight is 258 g/mol. The van der Waals surface area contributed by atoms with Gasteiger partial charge in [0.05, 0.1) is 0 Å². The molecule has 2 atom stereocenters. The molecule has 1 aromatic carbocycles. The summed E-state index contributed by atoms with van der Waals surface area (Å²) in [6.45, 7) is 10.8. The second kappa shape index (κ2) is 4.60. The largest absolute Gasteiger partial charge is 0.316 e. The van der Waals surface area contributed by atoms with Crippen LogP contribution in [0.15, 0.2) is 30.3 Å². The quantitative estimate of drug-likeness (QED) is 0.877. The molecule has 2 heteroatoms. The third-order valence-electron chi connectivity index (χ3n) is 5.67. The molecule has 2 nitrogen and oxygen atoms in total. The van der Waals surface area contributed by atoms with Crippen LogP contribution in [0.4, 0.5) is 0 Å². The maximum Gasteiger partial charge on any atom is 0.0242 e. The Kier molecular flexibility index (Phi) is 3.18. The first-order valence-electron chi connectivity index (χ1n) is 7.57. The fourth-order valence-electron chi connectivity index (χ4n) is 4.35. The van der Waals surface area contributed by atoms with E-state index in [0.717, 1.165) is 6.54 Å². The number of likely N-dealkylation sites (tertiary alicyclic amines) is 1. The smallest absolute Gasteiger partial charge is 0.0242 e. The molecule has 19 heavy (non-hydrogen) atoms. The predicted molar refractivity (Wildman–Crippen MR) is 80.1 cm³/mol. The Bertz CT molecular complexity index is 432. The van der Waals surface area contributed by atoms with Gasteiger partial charge in [0.2, 0.25) is 0 Å². The lowest BCUT2D eigenvalue weighted by Crippen LogP contribution is -2.50. The highest BCUT2D eigenvalue weighted by Crippen LogP contribution is 2.52. The molecular weight excluding hydrogens is 232 g/mol. The Morgan fingerprint density at radius 3 is 2.63 bits per heavy atom.